The smallest absolute Gasteiger partial charge is 0.0902 e. The fraction of sp³-hybridized carbons (Fsp3) is 1.00. The summed E-state index contributed by atoms with van der Waals surface area (Å²) in [7, 11) is 0. The van der Waals surface area contributed by atoms with Gasteiger partial charge in [-0.1, -0.05) is 13.8 Å². The lowest BCUT2D eigenvalue weighted by Crippen LogP contribution is -2.59. The second kappa shape index (κ2) is 4.40. The quantitative estimate of drug-likeness (QED) is 0.751. The Hall–Kier alpha value is -0.120. The van der Waals surface area contributed by atoms with Crippen LogP contribution in [0.15, 0.2) is 0 Å². The van der Waals surface area contributed by atoms with Crippen molar-refractivity contribution in [3.05, 3.63) is 0 Å². The molecule has 0 aliphatic carbocycles. The van der Waals surface area contributed by atoms with Gasteiger partial charge in [0.25, 0.3) is 0 Å². The Morgan fingerprint density at radius 3 is 2.33 bits per heavy atom. The third-order valence-electron chi connectivity index (χ3n) is 3.92. The van der Waals surface area contributed by atoms with Gasteiger partial charge in [0.05, 0.1) is 12.2 Å². The molecule has 15 heavy (non-hydrogen) atoms. The zero-order valence-corrected chi connectivity index (χ0v) is 10.3. The zero-order chi connectivity index (χ0) is 10.9. The van der Waals surface area contributed by atoms with Crippen LogP contribution in [0.2, 0.25) is 0 Å². The second-order valence-electron chi connectivity index (χ2n) is 5.62. The van der Waals surface area contributed by atoms with E-state index >= 15 is 0 Å². The molecule has 2 unspecified atom stereocenters. The van der Waals surface area contributed by atoms with Crippen molar-refractivity contribution < 1.29 is 4.74 Å². The molecule has 2 aliphatic rings. The van der Waals surface area contributed by atoms with Crippen LogP contribution in [0, 0.1) is 11.8 Å². The predicted octanol–water partition coefficient (Wildman–Crippen LogP) is 0.953. The van der Waals surface area contributed by atoms with Gasteiger partial charge in [0, 0.05) is 32.7 Å². The lowest BCUT2D eigenvalue weighted by atomic mass is 10.0. The van der Waals surface area contributed by atoms with E-state index < -0.39 is 0 Å². The monoisotopic (exact) mass is 212 g/mol. The molecule has 2 atom stereocenters. The van der Waals surface area contributed by atoms with E-state index in [1.165, 1.54) is 13.1 Å². The van der Waals surface area contributed by atoms with E-state index in [-0.39, 0.29) is 5.60 Å². The molecular weight excluding hydrogens is 188 g/mol. The minimum Gasteiger partial charge on any atom is -0.371 e. The van der Waals surface area contributed by atoms with Crippen molar-refractivity contribution in [3.8, 4) is 0 Å². The van der Waals surface area contributed by atoms with Crippen molar-refractivity contribution in [2.45, 2.75) is 26.4 Å². The number of hydrogen-bond acceptors (Lipinski definition) is 3. The van der Waals surface area contributed by atoms with Gasteiger partial charge in [0.15, 0.2) is 0 Å². The number of likely N-dealkylation sites (tertiary alicyclic amines) is 1. The van der Waals surface area contributed by atoms with E-state index in [9.17, 15) is 0 Å². The molecule has 2 heterocycles. The number of hydrogen-bond donors (Lipinski definition) is 1. The average molecular weight is 212 g/mol. The van der Waals surface area contributed by atoms with Crippen LogP contribution in [0.25, 0.3) is 0 Å². The second-order valence-corrected chi connectivity index (χ2v) is 5.62. The molecule has 0 spiro atoms. The maximum absolute atomic E-state index is 5.89. The van der Waals surface area contributed by atoms with Crippen LogP contribution in [0.5, 0.6) is 0 Å². The van der Waals surface area contributed by atoms with E-state index in [1.54, 1.807) is 0 Å². The van der Waals surface area contributed by atoms with E-state index in [1.807, 2.05) is 0 Å². The Balaban J connectivity index is 1.62. The summed E-state index contributed by atoms with van der Waals surface area (Å²) in [6.45, 7) is 13.4. The van der Waals surface area contributed by atoms with Crippen molar-refractivity contribution >= 4 is 0 Å². The summed E-state index contributed by atoms with van der Waals surface area (Å²) in [6, 6.07) is 0. The first-order valence-electron chi connectivity index (χ1n) is 6.16. The summed E-state index contributed by atoms with van der Waals surface area (Å²) >= 11 is 0. The van der Waals surface area contributed by atoms with E-state index in [0.29, 0.717) is 0 Å². The topological polar surface area (TPSA) is 24.5 Å². The van der Waals surface area contributed by atoms with Crippen LogP contribution >= 0.6 is 0 Å². The van der Waals surface area contributed by atoms with Crippen molar-refractivity contribution in [2.24, 2.45) is 11.8 Å². The van der Waals surface area contributed by atoms with Gasteiger partial charge >= 0.3 is 0 Å². The van der Waals surface area contributed by atoms with E-state index in [2.05, 4.69) is 31.0 Å². The van der Waals surface area contributed by atoms with Crippen molar-refractivity contribution in [1.82, 2.24) is 10.2 Å². The molecule has 1 N–H and O–H groups in total. The Morgan fingerprint density at radius 1 is 1.27 bits per heavy atom. The van der Waals surface area contributed by atoms with Crippen LogP contribution < -0.4 is 5.32 Å². The Bertz CT molecular complexity index is 206. The van der Waals surface area contributed by atoms with Gasteiger partial charge in [-0.05, 0) is 18.8 Å². The summed E-state index contributed by atoms with van der Waals surface area (Å²) in [5, 5.41) is 3.26. The summed E-state index contributed by atoms with van der Waals surface area (Å²) in [4.78, 5) is 2.53. The normalized spacial score (nSPS) is 35.4. The highest BCUT2D eigenvalue weighted by Gasteiger charge is 2.33. The molecule has 2 fully saturated rings. The molecule has 0 aromatic carbocycles. The lowest BCUT2D eigenvalue weighted by Gasteiger charge is -2.39. The molecular formula is C12H24N2O. The number of nitrogens with zero attached hydrogens (tertiary/aromatic N) is 1. The Labute approximate surface area is 93.2 Å². The fourth-order valence-corrected chi connectivity index (χ4v) is 2.43. The van der Waals surface area contributed by atoms with Crippen molar-refractivity contribution in [3.63, 3.8) is 0 Å². The standard InChI is InChI=1S/C12H24N2O/c1-10-6-14(7-11(10)2)4-5-15-12(3)8-13-9-12/h10-11,13H,4-9H2,1-3H3. The molecule has 0 bridgehead atoms. The fourth-order valence-electron chi connectivity index (χ4n) is 2.43. The van der Waals surface area contributed by atoms with Gasteiger partial charge in [-0.3, -0.25) is 0 Å². The van der Waals surface area contributed by atoms with Crippen LogP contribution in [-0.2, 0) is 4.74 Å². The first-order valence-corrected chi connectivity index (χ1v) is 6.16. The summed E-state index contributed by atoms with van der Waals surface area (Å²) < 4.78 is 5.89. The van der Waals surface area contributed by atoms with Gasteiger partial charge in [0.2, 0.25) is 0 Å². The van der Waals surface area contributed by atoms with Gasteiger partial charge in [-0.25, -0.2) is 0 Å². The van der Waals surface area contributed by atoms with Crippen molar-refractivity contribution in [1.29, 1.82) is 0 Å². The molecule has 2 rings (SSSR count). The first kappa shape index (κ1) is 11.4. The Morgan fingerprint density at radius 2 is 1.87 bits per heavy atom. The minimum absolute atomic E-state index is 0.122. The largest absolute Gasteiger partial charge is 0.371 e. The van der Waals surface area contributed by atoms with Crippen LogP contribution in [0.4, 0.5) is 0 Å². The van der Waals surface area contributed by atoms with Crippen molar-refractivity contribution in [2.75, 3.05) is 39.3 Å². The van der Waals surface area contributed by atoms with Gasteiger partial charge in [-0.2, -0.15) is 0 Å². The highest BCUT2D eigenvalue weighted by atomic mass is 16.5. The van der Waals surface area contributed by atoms with E-state index in [0.717, 1.165) is 38.1 Å². The van der Waals surface area contributed by atoms with E-state index in [4.69, 9.17) is 4.74 Å². The number of rotatable bonds is 4. The molecule has 2 aliphatic heterocycles. The minimum atomic E-state index is 0.122. The highest BCUT2D eigenvalue weighted by molar-refractivity contribution is 4.90. The van der Waals surface area contributed by atoms with Crippen LogP contribution in [0.1, 0.15) is 20.8 Å². The van der Waals surface area contributed by atoms with Gasteiger partial charge < -0.3 is 15.0 Å². The third kappa shape index (κ3) is 2.71. The third-order valence-corrected chi connectivity index (χ3v) is 3.92. The molecule has 0 amide bonds. The molecule has 0 aromatic rings. The molecule has 3 heteroatoms. The molecule has 3 nitrogen and oxygen atoms in total. The zero-order valence-electron chi connectivity index (χ0n) is 10.3. The molecule has 0 aromatic heterocycles. The molecule has 88 valence electrons. The molecule has 0 saturated carbocycles. The molecule has 0 radical (unpaired) electrons. The maximum Gasteiger partial charge on any atom is 0.0902 e. The average Bonchev–Trinajstić information content (AvgIpc) is 2.43. The SMILES string of the molecule is CC1CN(CCOC2(C)CNC2)CC1C. The lowest BCUT2D eigenvalue weighted by molar-refractivity contribution is -0.0712. The van der Waals surface area contributed by atoms with Crippen LogP contribution in [0.3, 0.4) is 0 Å². The summed E-state index contributed by atoms with van der Waals surface area (Å²) in [5.41, 5.74) is 0.122. The first-order chi connectivity index (χ1) is 7.09. The summed E-state index contributed by atoms with van der Waals surface area (Å²) in [6.07, 6.45) is 0. The predicted molar refractivity (Wildman–Crippen MR) is 62.0 cm³/mol. The maximum atomic E-state index is 5.89. The Kier molecular flexibility index (Phi) is 3.33. The molecule has 2 saturated heterocycles. The van der Waals surface area contributed by atoms with Gasteiger partial charge in [0.1, 0.15) is 0 Å². The summed E-state index contributed by atoms with van der Waals surface area (Å²) in [5.74, 6) is 1.71. The van der Waals surface area contributed by atoms with Crippen LogP contribution in [-0.4, -0.2) is 49.8 Å². The van der Waals surface area contributed by atoms with Gasteiger partial charge in [-0.15, -0.1) is 0 Å². The highest BCUT2D eigenvalue weighted by Crippen LogP contribution is 2.22. The number of ether oxygens (including phenoxy) is 1. The number of nitrogens with one attached hydrogen (secondary N) is 1.